The number of aliphatic hydroxyl groups is 1. The van der Waals surface area contributed by atoms with Gasteiger partial charge in [0.1, 0.15) is 0 Å². The van der Waals surface area contributed by atoms with Crippen LogP contribution in [-0.4, -0.2) is 78.2 Å². The van der Waals surface area contributed by atoms with Gasteiger partial charge in [-0.25, -0.2) is 0 Å². The molecule has 32 heavy (non-hydrogen) atoms. The molecule has 2 heterocycles. The highest BCUT2D eigenvalue weighted by Gasteiger charge is 2.32. The molecule has 1 saturated heterocycles. The predicted molar refractivity (Wildman–Crippen MR) is 127 cm³/mol. The van der Waals surface area contributed by atoms with Gasteiger partial charge in [0, 0.05) is 51.2 Å². The second-order valence-electron chi connectivity index (χ2n) is 9.52. The zero-order valence-electron chi connectivity index (χ0n) is 19.4. The van der Waals surface area contributed by atoms with Crippen LogP contribution in [0.1, 0.15) is 50.2 Å². The van der Waals surface area contributed by atoms with Crippen molar-refractivity contribution in [3.05, 3.63) is 35.4 Å². The quantitative estimate of drug-likeness (QED) is 0.444. The number of carbonyl (C=O) groups is 1. The number of aliphatic hydroxyl groups excluding tert-OH is 1. The van der Waals surface area contributed by atoms with Gasteiger partial charge in [-0.15, -0.1) is 0 Å². The Morgan fingerprint density at radius 3 is 2.75 bits per heavy atom. The van der Waals surface area contributed by atoms with Gasteiger partial charge in [0.15, 0.2) is 5.96 Å². The van der Waals surface area contributed by atoms with E-state index in [0.29, 0.717) is 19.0 Å². The van der Waals surface area contributed by atoms with E-state index in [1.54, 1.807) is 0 Å². The van der Waals surface area contributed by atoms with E-state index in [0.717, 1.165) is 64.4 Å². The normalized spacial score (nSPS) is 23.2. The molecule has 1 saturated carbocycles. The molecule has 0 bridgehead atoms. The lowest BCUT2D eigenvalue weighted by molar-refractivity contribution is -0.134. The zero-order valence-corrected chi connectivity index (χ0v) is 19.4. The first-order valence-corrected chi connectivity index (χ1v) is 12.4. The summed E-state index contributed by atoms with van der Waals surface area (Å²) in [4.78, 5) is 21.7. The number of β-amino-alcohol motifs (C(OH)–C–C–N with tert-alkyl or cyclic N) is 1. The minimum atomic E-state index is -0.500. The molecule has 2 atom stereocenters. The van der Waals surface area contributed by atoms with Crippen molar-refractivity contribution in [2.75, 3.05) is 39.3 Å². The molecule has 1 amide bonds. The Morgan fingerprint density at radius 1 is 1.19 bits per heavy atom. The van der Waals surface area contributed by atoms with E-state index in [2.05, 4.69) is 44.8 Å². The van der Waals surface area contributed by atoms with Gasteiger partial charge in [-0.05, 0) is 43.7 Å². The summed E-state index contributed by atoms with van der Waals surface area (Å²) < 4.78 is 0. The second kappa shape index (κ2) is 11.1. The molecule has 2 aliphatic heterocycles. The first-order chi connectivity index (χ1) is 15.6. The van der Waals surface area contributed by atoms with Crippen LogP contribution in [0.15, 0.2) is 29.3 Å². The fourth-order valence-corrected chi connectivity index (χ4v) is 5.29. The van der Waals surface area contributed by atoms with E-state index < -0.39 is 6.10 Å². The summed E-state index contributed by atoms with van der Waals surface area (Å²) in [5.74, 6) is 1.32. The van der Waals surface area contributed by atoms with Gasteiger partial charge in [0.25, 0.3) is 0 Å². The monoisotopic (exact) mass is 441 g/mol. The smallest absolute Gasteiger partial charge is 0.225 e. The van der Waals surface area contributed by atoms with Gasteiger partial charge < -0.3 is 20.6 Å². The van der Waals surface area contributed by atoms with Crippen molar-refractivity contribution >= 4 is 11.9 Å². The molecular formula is C25H39N5O2. The predicted octanol–water partition coefficient (Wildman–Crippen LogP) is 1.75. The van der Waals surface area contributed by atoms with Crippen molar-refractivity contribution in [1.29, 1.82) is 0 Å². The molecule has 0 radical (unpaired) electrons. The number of guanidine groups is 1. The lowest BCUT2D eigenvalue weighted by Gasteiger charge is -2.30. The Hall–Kier alpha value is -2.12. The first-order valence-electron chi connectivity index (χ1n) is 12.4. The molecule has 2 fully saturated rings. The number of rotatable bonds is 7. The Labute approximate surface area is 192 Å². The lowest BCUT2D eigenvalue weighted by Crippen LogP contribution is -2.46. The van der Waals surface area contributed by atoms with E-state index in [1.807, 2.05) is 11.8 Å². The van der Waals surface area contributed by atoms with Gasteiger partial charge >= 0.3 is 0 Å². The van der Waals surface area contributed by atoms with Gasteiger partial charge in [0.05, 0.1) is 12.6 Å². The van der Waals surface area contributed by atoms with Crippen LogP contribution < -0.4 is 10.6 Å². The lowest BCUT2D eigenvalue weighted by atomic mass is 10.00. The minimum Gasteiger partial charge on any atom is -0.390 e. The van der Waals surface area contributed by atoms with Crippen molar-refractivity contribution < 1.29 is 9.90 Å². The van der Waals surface area contributed by atoms with Crippen molar-refractivity contribution in [2.24, 2.45) is 10.9 Å². The number of aliphatic imine (C=N–C) groups is 1. The topological polar surface area (TPSA) is 80.2 Å². The highest BCUT2D eigenvalue weighted by Crippen LogP contribution is 2.27. The molecule has 1 aliphatic carbocycles. The number of benzene rings is 1. The molecule has 1 aromatic carbocycles. The summed E-state index contributed by atoms with van der Waals surface area (Å²) in [5, 5.41) is 17.4. The maximum absolute atomic E-state index is 12.7. The summed E-state index contributed by atoms with van der Waals surface area (Å²) in [7, 11) is 0. The molecule has 7 heteroatoms. The van der Waals surface area contributed by atoms with Crippen molar-refractivity contribution in [3.8, 4) is 0 Å². The van der Waals surface area contributed by atoms with Crippen LogP contribution in [0.3, 0.4) is 0 Å². The van der Waals surface area contributed by atoms with E-state index in [1.165, 1.54) is 24.0 Å². The molecule has 2 unspecified atom stereocenters. The molecule has 3 N–H and O–H groups in total. The molecule has 1 aromatic rings. The Morgan fingerprint density at radius 2 is 1.97 bits per heavy atom. The fraction of sp³-hybridized carbons (Fsp3) is 0.680. The van der Waals surface area contributed by atoms with E-state index in [9.17, 15) is 9.90 Å². The summed E-state index contributed by atoms with van der Waals surface area (Å²) in [6.45, 7) is 7.24. The van der Waals surface area contributed by atoms with Gasteiger partial charge in [-0.3, -0.25) is 14.7 Å². The zero-order chi connectivity index (χ0) is 22.3. The first kappa shape index (κ1) is 23.1. The molecule has 3 aliphatic rings. The largest absolute Gasteiger partial charge is 0.390 e. The number of amides is 1. The number of hydrogen-bond acceptors (Lipinski definition) is 4. The van der Waals surface area contributed by atoms with Crippen LogP contribution in [0.2, 0.25) is 0 Å². The molecule has 0 aromatic heterocycles. The summed E-state index contributed by atoms with van der Waals surface area (Å²) in [5.41, 5.74) is 2.79. The maximum atomic E-state index is 12.7. The molecule has 7 nitrogen and oxygen atoms in total. The molecule has 0 spiro atoms. The van der Waals surface area contributed by atoms with E-state index in [4.69, 9.17) is 0 Å². The van der Waals surface area contributed by atoms with Crippen molar-refractivity contribution in [2.45, 2.75) is 64.1 Å². The van der Waals surface area contributed by atoms with Crippen LogP contribution in [0.25, 0.3) is 0 Å². The number of carbonyl (C=O) groups excluding carboxylic acids is 1. The van der Waals surface area contributed by atoms with Gasteiger partial charge in [-0.2, -0.15) is 0 Å². The van der Waals surface area contributed by atoms with Crippen molar-refractivity contribution in [1.82, 2.24) is 20.4 Å². The summed E-state index contributed by atoms with van der Waals surface area (Å²) >= 11 is 0. The highest BCUT2D eigenvalue weighted by molar-refractivity contribution is 5.81. The van der Waals surface area contributed by atoms with Gasteiger partial charge in [-0.1, -0.05) is 37.1 Å². The van der Waals surface area contributed by atoms with Crippen molar-refractivity contribution in [3.63, 3.8) is 0 Å². The Kier molecular flexibility index (Phi) is 8.03. The SMILES string of the molecule is CCNC(=NCC(O)CN1CCc2ccccc2C1)NC1CCN(C(=O)C2CCCC2)C1. The Balaban J connectivity index is 1.24. The summed E-state index contributed by atoms with van der Waals surface area (Å²) in [6.07, 6.45) is 5.97. The van der Waals surface area contributed by atoms with Crippen LogP contribution in [0.5, 0.6) is 0 Å². The van der Waals surface area contributed by atoms with Crippen LogP contribution in [0.4, 0.5) is 0 Å². The summed E-state index contributed by atoms with van der Waals surface area (Å²) in [6, 6.07) is 8.79. The van der Waals surface area contributed by atoms with Crippen LogP contribution in [0, 0.1) is 5.92 Å². The second-order valence-corrected chi connectivity index (χ2v) is 9.52. The number of nitrogens with one attached hydrogen (secondary N) is 2. The maximum Gasteiger partial charge on any atom is 0.225 e. The van der Waals surface area contributed by atoms with E-state index in [-0.39, 0.29) is 12.0 Å². The number of likely N-dealkylation sites (tertiary alicyclic amines) is 1. The number of fused-ring (bicyclic) bond motifs is 1. The third kappa shape index (κ3) is 6.01. The van der Waals surface area contributed by atoms with E-state index >= 15 is 0 Å². The van der Waals surface area contributed by atoms with Crippen LogP contribution in [-0.2, 0) is 17.8 Å². The third-order valence-corrected chi connectivity index (χ3v) is 7.03. The number of hydrogen-bond donors (Lipinski definition) is 3. The number of nitrogens with zero attached hydrogens (tertiary/aromatic N) is 3. The average molecular weight is 442 g/mol. The average Bonchev–Trinajstić information content (AvgIpc) is 3.50. The molecule has 176 valence electrons. The Bertz CT molecular complexity index is 792. The third-order valence-electron chi connectivity index (χ3n) is 7.03. The standard InChI is InChI=1S/C25H39N5O2/c1-2-26-25(28-22-12-14-30(17-22)24(32)20-8-4-5-9-20)27-15-23(31)18-29-13-11-19-7-3-6-10-21(19)16-29/h3,6-7,10,20,22-23,31H,2,4-5,8-9,11-18H2,1H3,(H2,26,27,28). The highest BCUT2D eigenvalue weighted by atomic mass is 16.3. The fourth-order valence-electron chi connectivity index (χ4n) is 5.29. The van der Waals surface area contributed by atoms with Gasteiger partial charge in [0.2, 0.25) is 5.91 Å². The minimum absolute atomic E-state index is 0.217. The molecular weight excluding hydrogens is 402 g/mol. The molecule has 4 rings (SSSR count). The van der Waals surface area contributed by atoms with Crippen LogP contribution >= 0.6 is 0 Å².